The van der Waals surface area contributed by atoms with Gasteiger partial charge in [0.25, 0.3) is 0 Å². The fourth-order valence-electron chi connectivity index (χ4n) is 4.06. The van der Waals surface area contributed by atoms with Crippen LogP contribution in [0.4, 0.5) is 5.69 Å². The lowest BCUT2D eigenvalue weighted by Gasteiger charge is -2.49. The van der Waals surface area contributed by atoms with E-state index in [0.29, 0.717) is 31.3 Å². The third kappa shape index (κ3) is 3.57. The molecule has 0 amide bonds. The van der Waals surface area contributed by atoms with Crippen molar-refractivity contribution >= 4 is 5.69 Å². The van der Waals surface area contributed by atoms with Crippen molar-refractivity contribution in [3.8, 4) is 11.5 Å². The summed E-state index contributed by atoms with van der Waals surface area (Å²) in [5, 5.41) is 22.1. The van der Waals surface area contributed by atoms with E-state index in [0.717, 1.165) is 31.5 Å². The molecule has 1 N–H and O–H groups in total. The van der Waals surface area contributed by atoms with E-state index in [4.69, 9.17) is 9.47 Å². The van der Waals surface area contributed by atoms with Gasteiger partial charge in [-0.05, 0) is 63.7 Å². The van der Waals surface area contributed by atoms with Crippen LogP contribution in [0, 0.1) is 16.0 Å². The molecule has 1 aromatic rings. The number of nitro groups is 1. The molecule has 7 heteroatoms. The number of piperidine rings is 3. The molecule has 3 saturated heterocycles. The van der Waals surface area contributed by atoms with Crippen molar-refractivity contribution in [2.24, 2.45) is 5.92 Å². The lowest BCUT2D eigenvalue weighted by Crippen LogP contribution is -2.58. The number of benzene rings is 1. The van der Waals surface area contributed by atoms with Crippen LogP contribution in [0.1, 0.15) is 32.3 Å². The molecular weight excluding hydrogens is 324 g/mol. The second-order valence-electron chi connectivity index (χ2n) is 6.70. The highest BCUT2D eigenvalue weighted by Crippen LogP contribution is 2.40. The fourth-order valence-corrected chi connectivity index (χ4v) is 4.06. The molecule has 25 heavy (non-hydrogen) atoms. The van der Waals surface area contributed by atoms with Gasteiger partial charge in [0, 0.05) is 12.1 Å². The molecule has 138 valence electrons. The molecule has 0 radical (unpaired) electrons. The van der Waals surface area contributed by atoms with E-state index >= 15 is 0 Å². The lowest BCUT2D eigenvalue weighted by molar-refractivity contribution is -0.386. The predicted octanol–water partition coefficient (Wildman–Crippen LogP) is 2.39. The maximum atomic E-state index is 11.5. The lowest BCUT2D eigenvalue weighted by atomic mass is 9.78. The Hall–Kier alpha value is -1.86. The first-order valence-electron chi connectivity index (χ1n) is 9.04. The second-order valence-corrected chi connectivity index (χ2v) is 6.70. The van der Waals surface area contributed by atoms with Crippen LogP contribution in [0.15, 0.2) is 12.1 Å². The number of fused-ring (bicyclic) bond motifs is 3. The highest BCUT2D eigenvalue weighted by Gasteiger charge is 2.41. The van der Waals surface area contributed by atoms with Crippen LogP contribution in [0.2, 0.25) is 0 Å². The highest BCUT2D eigenvalue weighted by molar-refractivity contribution is 5.58. The maximum absolute atomic E-state index is 11.5. The van der Waals surface area contributed by atoms with Crippen LogP contribution < -0.4 is 9.47 Å². The molecule has 0 spiro atoms. The smallest absolute Gasteiger partial charge is 0.315 e. The van der Waals surface area contributed by atoms with Gasteiger partial charge in [0.15, 0.2) is 5.75 Å². The number of nitrogens with zero attached hydrogens (tertiary/aromatic N) is 2. The van der Waals surface area contributed by atoms with E-state index < -0.39 is 4.92 Å². The average Bonchev–Trinajstić information content (AvgIpc) is 2.60. The molecule has 2 unspecified atom stereocenters. The Morgan fingerprint density at radius 1 is 1.24 bits per heavy atom. The molecule has 3 fully saturated rings. The van der Waals surface area contributed by atoms with Crippen molar-refractivity contribution in [3.63, 3.8) is 0 Å². The van der Waals surface area contributed by atoms with Gasteiger partial charge in [-0.15, -0.1) is 0 Å². The van der Waals surface area contributed by atoms with E-state index in [-0.39, 0.29) is 23.6 Å². The number of rotatable bonds is 7. The van der Waals surface area contributed by atoms with Crippen LogP contribution >= 0.6 is 0 Å². The number of hydrogen-bond acceptors (Lipinski definition) is 6. The van der Waals surface area contributed by atoms with Crippen LogP contribution in [-0.4, -0.2) is 53.4 Å². The Bertz CT molecular complexity index is 626. The third-order valence-electron chi connectivity index (χ3n) is 5.25. The minimum absolute atomic E-state index is 0.0134. The first-order chi connectivity index (χ1) is 12.0. The van der Waals surface area contributed by atoms with Gasteiger partial charge in [-0.2, -0.15) is 0 Å². The SMILES string of the molecule is CCOc1cc(CC2C(O)C3CCN2CC3)cc([N+](=O)[O-])c1OCC. The molecule has 1 aromatic carbocycles. The summed E-state index contributed by atoms with van der Waals surface area (Å²) in [6.07, 6.45) is 2.27. The summed E-state index contributed by atoms with van der Waals surface area (Å²) in [5.41, 5.74) is 0.725. The van der Waals surface area contributed by atoms with Gasteiger partial charge in [0.2, 0.25) is 5.75 Å². The monoisotopic (exact) mass is 350 g/mol. The molecule has 4 rings (SSSR count). The summed E-state index contributed by atoms with van der Waals surface area (Å²) in [5.74, 6) is 0.933. The summed E-state index contributed by atoms with van der Waals surface area (Å²) in [6, 6.07) is 3.39. The fraction of sp³-hybridized carbons (Fsp3) is 0.667. The van der Waals surface area contributed by atoms with Crippen molar-refractivity contribution in [3.05, 3.63) is 27.8 Å². The summed E-state index contributed by atoms with van der Waals surface area (Å²) < 4.78 is 11.1. The van der Waals surface area contributed by atoms with Crippen LogP contribution in [0.5, 0.6) is 11.5 Å². The minimum atomic E-state index is -0.430. The van der Waals surface area contributed by atoms with Gasteiger partial charge in [-0.3, -0.25) is 15.0 Å². The summed E-state index contributed by atoms with van der Waals surface area (Å²) >= 11 is 0. The van der Waals surface area contributed by atoms with E-state index in [1.807, 2.05) is 13.0 Å². The first kappa shape index (κ1) is 17.9. The number of nitro benzene ring substituents is 1. The number of hydrogen-bond donors (Lipinski definition) is 1. The zero-order valence-corrected chi connectivity index (χ0v) is 14.8. The molecular formula is C18H26N2O5. The standard InChI is InChI=1S/C18H26N2O5/c1-3-24-16-11-12(10-15(20(22)23)18(16)25-4-2)9-14-17(21)13-5-7-19(14)8-6-13/h10-11,13-14,17,21H,3-9H2,1-2H3. The molecule has 2 atom stereocenters. The van der Waals surface area contributed by atoms with E-state index in [2.05, 4.69) is 4.90 Å². The normalized spacial score (nSPS) is 28.0. The van der Waals surface area contributed by atoms with Gasteiger partial charge >= 0.3 is 5.69 Å². The molecule has 3 heterocycles. The molecule has 2 bridgehead atoms. The Labute approximate surface area is 147 Å². The highest BCUT2D eigenvalue weighted by atomic mass is 16.6. The molecule has 7 nitrogen and oxygen atoms in total. The zero-order chi connectivity index (χ0) is 18.0. The minimum Gasteiger partial charge on any atom is -0.490 e. The quantitative estimate of drug-likeness (QED) is 0.600. The van der Waals surface area contributed by atoms with Gasteiger partial charge in [0.05, 0.1) is 24.2 Å². The van der Waals surface area contributed by atoms with E-state index in [9.17, 15) is 15.2 Å². The van der Waals surface area contributed by atoms with Gasteiger partial charge in [0.1, 0.15) is 0 Å². The molecule has 0 aliphatic carbocycles. The topological polar surface area (TPSA) is 85.1 Å². The third-order valence-corrected chi connectivity index (χ3v) is 5.25. The molecule has 3 aliphatic heterocycles. The van der Waals surface area contributed by atoms with Crippen molar-refractivity contribution in [2.45, 2.75) is 45.3 Å². The Kier molecular flexibility index (Phi) is 5.44. The summed E-state index contributed by atoms with van der Waals surface area (Å²) in [4.78, 5) is 13.4. The first-order valence-corrected chi connectivity index (χ1v) is 9.04. The zero-order valence-electron chi connectivity index (χ0n) is 14.8. The van der Waals surface area contributed by atoms with E-state index in [1.165, 1.54) is 0 Å². The molecule has 0 aromatic heterocycles. The Balaban J connectivity index is 1.91. The summed E-state index contributed by atoms with van der Waals surface area (Å²) in [6.45, 7) is 6.34. The molecule has 0 saturated carbocycles. The molecule has 3 aliphatic rings. The number of aliphatic hydroxyl groups is 1. The largest absolute Gasteiger partial charge is 0.490 e. The van der Waals surface area contributed by atoms with Crippen LogP contribution in [0.25, 0.3) is 0 Å². The Morgan fingerprint density at radius 3 is 2.48 bits per heavy atom. The van der Waals surface area contributed by atoms with E-state index in [1.54, 1.807) is 13.0 Å². The van der Waals surface area contributed by atoms with Gasteiger partial charge in [-0.1, -0.05) is 0 Å². The van der Waals surface area contributed by atoms with Crippen molar-refractivity contribution in [2.75, 3.05) is 26.3 Å². The summed E-state index contributed by atoms with van der Waals surface area (Å²) in [7, 11) is 0. The van der Waals surface area contributed by atoms with Gasteiger partial charge < -0.3 is 14.6 Å². The maximum Gasteiger partial charge on any atom is 0.315 e. The Morgan fingerprint density at radius 2 is 1.92 bits per heavy atom. The van der Waals surface area contributed by atoms with Crippen LogP contribution in [-0.2, 0) is 6.42 Å². The average molecular weight is 350 g/mol. The predicted molar refractivity (Wildman–Crippen MR) is 93.2 cm³/mol. The van der Waals surface area contributed by atoms with Crippen molar-refractivity contribution < 1.29 is 19.5 Å². The number of ether oxygens (including phenoxy) is 2. The number of aliphatic hydroxyl groups excluding tert-OH is 1. The van der Waals surface area contributed by atoms with Gasteiger partial charge in [-0.25, -0.2) is 0 Å². The van der Waals surface area contributed by atoms with Crippen molar-refractivity contribution in [1.82, 2.24) is 4.90 Å². The van der Waals surface area contributed by atoms with Crippen LogP contribution in [0.3, 0.4) is 0 Å². The van der Waals surface area contributed by atoms with Crippen molar-refractivity contribution in [1.29, 1.82) is 0 Å². The second kappa shape index (κ2) is 7.58.